The van der Waals surface area contributed by atoms with Crippen LogP contribution in [0.1, 0.15) is 11.3 Å². The molecule has 2 aromatic heterocycles. The van der Waals surface area contributed by atoms with Gasteiger partial charge in [-0.05, 0) is 25.1 Å². The van der Waals surface area contributed by atoms with Crippen molar-refractivity contribution < 1.29 is 4.79 Å². The second-order valence-electron chi connectivity index (χ2n) is 8.96. The van der Waals surface area contributed by atoms with Gasteiger partial charge in [0.15, 0.2) is 5.65 Å². The van der Waals surface area contributed by atoms with Gasteiger partial charge in [-0.15, -0.1) is 0 Å². The summed E-state index contributed by atoms with van der Waals surface area (Å²) in [5.41, 5.74) is 4.59. The number of hydrogen-bond acceptors (Lipinski definition) is 6. The van der Waals surface area contributed by atoms with Crippen molar-refractivity contribution in [1.29, 1.82) is 0 Å². The number of para-hydroxylation sites is 1. The molecule has 0 aliphatic carbocycles. The number of piperazine rings is 1. The van der Waals surface area contributed by atoms with E-state index in [0.717, 1.165) is 76.7 Å². The molecule has 3 aliphatic rings. The number of fused-ring (bicyclic) bond motifs is 2. The third kappa shape index (κ3) is 3.39. The molecule has 0 atom stereocenters. The molecular weight excluding hydrogens is 402 g/mol. The summed E-state index contributed by atoms with van der Waals surface area (Å²) in [6.45, 7) is 6.81. The highest BCUT2D eigenvalue weighted by molar-refractivity contribution is 5.82. The first-order valence-corrected chi connectivity index (χ1v) is 11.7. The fourth-order valence-corrected chi connectivity index (χ4v) is 5.23. The lowest BCUT2D eigenvalue weighted by Crippen LogP contribution is -2.58. The van der Waals surface area contributed by atoms with Crippen molar-refractivity contribution in [2.45, 2.75) is 12.8 Å². The second-order valence-corrected chi connectivity index (χ2v) is 8.96. The second kappa shape index (κ2) is 8.09. The van der Waals surface area contributed by atoms with E-state index in [1.54, 1.807) is 0 Å². The summed E-state index contributed by atoms with van der Waals surface area (Å²) < 4.78 is 1.96. The maximum absolute atomic E-state index is 13.2. The van der Waals surface area contributed by atoms with Crippen molar-refractivity contribution in [2.24, 2.45) is 5.92 Å². The Kier molecular flexibility index (Phi) is 4.94. The van der Waals surface area contributed by atoms with Crippen LogP contribution in [-0.4, -0.2) is 77.8 Å². The van der Waals surface area contributed by atoms with Crippen LogP contribution in [0, 0.1) is 5.92 Å². The maximum atomic E-state index is 13.2. The first-order valence-electron chi connectivity index (χ1n) is 11.7. The predicted octanol–water partition coefficient (Wildman–Crippen LogP) is 1.20. The van der Waals surface area contributed by atoms with Crippen LogP contribution >= 0.6 is 0 Å². The van der Waals surface area contributed by atoms with Crippen molar-refractivity contribution in [3.8, 4) is 0 Å². The fourth-order valence-electron chi connectivity index (χ4n) is 5.23. The number of aromatic nitrogens is 3. The highest BCUT2D eigenvalue weighted by Crippen LogP contribution is 2.32. The van der Waals surface area contributed by atoms with Crippen LogP contribution in [0.15, 0.2) is 42.6 Å². The van der Waals surface area contributed by atoms with Crippen LogP contribution in [0.25, 0.3) is 5.65 Å². The molecule has 0 spiro atoms. The van der Waals surface area contributed by atoms with Gasteiger partial charge in [0.25, 0.3) is 0 Å². The topological polar surface area (TPSA) is 69.0 Å². The van der Waals surface area contributed by atoms with E-state index in [2.05, 4.69) is 49.4 Å². The number of rotatable bonds is 3. The number of anilines is 2. The van der Waals surface area contributed by atoms with E-state index < -0.39 is 0 Å². The van der Waals surface area contributed by atoms with E-state index in [9.17, 15) is 4.79 Å². The molecule has 8 nitrogen and oxygen atoms in total. The van der Waals surface area contributed by atoms with Gasteiger partial charge in [0, 0.05) is 69.6 Å². The number of benzene rings is 1. The Morgan fingerprint density at radius 3 is 2.53 bits per heavy atom. The molecule has 0 unspecified atom stereocenters. The summed E-state index contributed by atoms with van der Waals surface area (Å²) in [6, 6.07) is 12.4. The van der Waals surface area contributed by atoms with Crippen molar-refractivity contribution in [3.05, 3.63) is 53.9 Å². The van der Waals surface area contributed by atoms with E-state index >= 15 is 0 Å². The molecule has 166 valence electrons. The van der Waals surface area contributed by atoms with E-state index in [4.69, 9.17) is 4.98 Å². The average molecular weight is 432 g/mol. The van der Waals surface area contributed by atoms with Gasteiger partial charge >= 0.3 is 0 Å². The SMILES string of the molecule is O=C(C1CN(c2c3c(nc4ccnn24)CCNCC3)C1)N1CCN(c2ccccc2)CC1. The molecule has 1 aromatic carbocycles. The zero-order valence-corrected chi connectivity index (χ0v) is 18.3. The summed E-state index contributed by atoms with van der Waals surface area (Å²) in [4.78, 5) is 24.8. The van der Waals surface area contributed by atoms with Crippen LogP contribution in [0.3, 0.4) is 0 Å². The van der Waals surface area contributed by atoms with Crippen molar-refractivity contribution in [2.75, 3.05) is 62.2 Å². The summed E-state index contributed by atoms with van der Waals surface area (Å²) in [5.74, 6) is 1.50. The number of hydrogen-bond donors (Lipinski definition) is 1. The molecule has 1 N–H and O–H groups in total. The van der Waals surface area contributed by atoms with E-state index in [1.807, 2.05) is 22.8 Å². The summed E-state index contributed by atoms with van der Waals surface area (Å²) in [5, 5.41) is 8.02. The van der Waals surface area contributed by atoms with Crippen LogP contribution < -0.4 is 15.1 Å². The highest BCUT2D eigenvalue weighted by Gasteiger charge is 2.39. The molecule has 2 fully saturated rings. The van der Waals surface area contributed by atoms with Crippen molar-refractivity contribution in [1.82, 2.24) is 24.8 Å². The molecule has 0 bridgehead atoms. The van der Waals surface area contributed by atoms with Crippen LogP contribution in [0.4, 0.5) is 11.5 Å². The lowest BCUT2D eigenvalue weighted by Gasteiger charge is -2.44. The third-order valence-electron chi connectivity index (χ3n) is 7.02. The zero-order valence-electron chi connectivity index (χ0n) is 18.3. The summed E-state index contributed by atoms with van der Waals surface area (Å²) >= 11 is 0. The van der Waals surface area contributed by atoms with Gasteiger partial charge in [-0.3, -0.25) is 4.79 Å². The van der Waals surface area contributed by atoms with Gasteiger partial charge in [-0.2, -0.15) is 9.61 Å². The Morgan fingerprint density at radius 1 is 0.938 bits per heavy atom. The Morgan fingerprint density at radius 2 is 1.72 bits per heavy atom. The first-order chi connectivity index (χ1) is 15.8. The smallest absolute Gasteiger partial charge is 0.229 e. The van der Waals surface area contributed by atoms with E-state index in [-0.39, 0.29) is 5.92 Å². The van der Waals surface area contributed by atoms with Crippen molar-refractivity contribution >= 4 is 23.1 Å². The molecule has 3 aliphatic heterocycles. The normalized spacial score (nSPS) is 19.6. The molecule has 8 heteroatoms. The van der Waals surface area contributed by atoms with Gasteiger partial charge in [-0.1, -0.05) is 18.2 Å². The Balaban J connectivity index is 1.14. The first kappa shape index (κ1) is 19.5. The standard InChI is InChI=1S/C24H29N7O/c32-24(29-14-12-28(13-15-29)19-4-2-1-3-5-19)18-16-30(17-18)23-20-6-9-25-10-7-21(20)27-22-8-11-26-31(22)23/h1-5,8,11,18,25H,6-7,9-10,12-17H2. The van der Waals surface area contributed by atoms with Crippen LogP contribution in [0.2, 0.25) is 0 Å². The molecule has 2 saturated heterocycles. The van der Waals surface area contributed by atoms with E-state index in [0.29, 0.717) is 5.91 Å². The molecule has 6 rings (SSSR count). The third-order valence-corrected chi connectivity index (χ3v) is 7.02. The monoisotopic (exact) mass is 431 g/mol. The number of nitrogens with one attached hydrogen (secondary N) is 1. The van der Waals surface area contributed by atoms with Gasteiger partial charge in [0.1, 0.15) is 5.82 Å². The summed E-state index contributed by atoms with van der Waals surface area (Å²) in [6.07, 6.45) is 3.70. The Hall–Kier alpha value is -3.13. The minimum Gasteiger partial charge on any atom is -0.368 e. The lowest BCUT2D eigenvalue weighted by molar-refractivity contribution is -0.136. The maximum Gasteiger partial charge on any atom is 0.229 e. The minimum absolute atomic E-state index is 0.0663. The average Bonchev–Trinajstić information content (AvgIpc) is 3.15. The summed E-state index contributed by atoms with van der Waals surface area (Å²) in [7, 11) is 0. The van der Waals surface area contributed by atoms with Gasteiger partial charge in [0.2, 0.25) is 5.91 Å². The molecule has 5 heterocycles. The quantitative estimate of drug-likeness (QED) is 0.672. The molecule has 0 radical (unpaired) electrons. The number of amides is 1. The fraction of sp³-hybridized carbons (Fsp3) is 0.458. The van der Waals surface area contributed by atoms with Gasteiger partial charge in [0.05, 0.1) is 17.8 Å². The molecule has 32 heavy (non-hydrogen) atoms. The molecular formula is C24H29N7O. The Labute approximate surface area is 187 Å². The van der Waals surface area contributed by atoms with Gasteiger partial charge < -0.3 is 20.0 Å². The molecule has 3 aromatic rings. The van der Waals surface area contributed by atoms with Gasteiger partial charge in [-0.25, -0.2) is 4.98 Å². The number of carbonyl (C=O) groups excluding carboxylic acids is 1. The lowest BCUT2D eigenvalue weighted by atomic mass is 9.96. The van der Waals surface area contributed by atoms with Crippen molar-refractivity contribution in [3.63, 3.8) is 0 Å². The zero-order chi connectivity index (χ0) is 21.5. The molecule has 0 saturated carbocycles. The van der Waals surface area contributed by atoms with Crippen LogP contribution in [0.5, 0.6) is 0 Å². The predicted molar refractivity (Wildman–Crippen MR) is 124 cm³/mol. The molecule has 1 amide bonds. The minimum atomic E-state index is 0.0663. The highest BCUT2D eigenvalue weighted by atomic mass is 16.2. The van der Waals surface area contributed by atoms with E-state index in [1.165, 1.54) is 16.9 Å². The number of carbonyl (C=O) groups is 1. The Bertz CT molecular complexity index is 1110. The largest absolute Gasteiger partial charge is 0.368 e. The number of nitrogens with zero attached hydrogens (tertiary/aromatic N) is 6. The van der Waals surface area contributed by atoms with Crippen LogP contribution in [-0.2, 0) is 17.6 Å².